The molecule has 0 saturated carbocycles. The highest BCUT2D eigenvalue weighted by atomic mass is 32.2. The number of rotatable bonds is 9. The number of thioether (sulfide) groups is 1. The lowest BCUT2D eigenvalue weighted by atomic mass is 10.2. The average Bonchev–Trinajstić information content (AvgIpc) is 3.43. The highest BCUT2D eigenvalue weighted by Gasteiger charge is 2.50. The molecule has 3 aromatic carbocycles. The van der Waals surface area contributed by atoms with Crippen LogP contribution in [0.5, 0.6) is 5.75 Å². The summed E-state index contributed by atoms with van der Waals surface area (Å²) in [5.74, 6) is 1.13. The van der Waals surface area contributed by atoms with Gasteiger partial charge in [-0.15, -0.1) is 11.8 Å². The molecule has 4 aromatic rings. The molecule has 0 aliphatic carbocycles. The largest absolute Gasteiger partial charge is 0.483 e. The van der Waals surface area contributed by atoms with Crippen LogP contribution in [0.2, 0.25) is 5.04 Å². The molecule has 1 fully saturated rings. The number of aromatic nitrogens is 1. The normalized spacial score (nSPS) is 17.6. The van der Waals surface area contributed by atoms with Crippen LogP contribution in [-0.2, 0) is 15.8 Å². The molecule has 1 aromatic heterocycles. The molecule has 0 radical (unpaired) electrons. The molecule has 1 aliphatic heterocycles. The molecule has 5 rings (SSSR count). The topological polar surface area (TPSA) is 49.7 Å². The van der Waals surface area contributed by atoms with Crippen molar-refractivity contribution in [3.05, 3.63) is 125 Å². The first kappa shape index (κ1) is 28.4. The van der Waals surface area contributed by atoms with E-state index in [0.29, 0.717) is 19.0 Å². The Morgan fingerprint density at radius 1 is 0.900 bits per heavy atom. The summed E-state index contributed by atoms with van der Waals surface area (Å²) in [4.78, 5) is 12.7. The fourth-order valence-electron chi connectivity index (χ4n) is 5.48. The first-order valence-corrected chi connectivity index (χ1v) is 16.7. The quantitative estimate of drug-likeness (QED) is 0.234. The molecule has 0 N–H and O–H groups in total. The van der Waals surface area contributed by atoms with Gasteiger partial charge in [0.2, 0.25) is 5.43 Å². The summed E-state index contributed by atoms with van der Waals surface area (Å²) in [6, 6.07) is 32.8. The van der Waals surface area contributed by atoms with Gasteiger partial charge in [-0.25, -0.2) is 0 Å². The summed E-state index contributed by atoms with van der Waals surface area (Å²) < 4.78 is 21.6. The van der Waals surface area contributed by atoms with E-state index in [0.717, 1.165) is 17.0 Å². The predicted molar refractivity (Wildman–Crippen MR) is 166 cm³/mol. The summed E-state index contributed by atoms with van der Waals surface area (Å²) in [6.07, 6.45) is 1.60. The molecule has 208 valence electrons. The van der Waals surface area contributed by atoms with Crippen molar-refractivity contribution < 1.29 is 13.9 Å². The van der Waals surface area contributed by atoms with Crippen molar-refractivity contribution in [2.24, 2.45) is 0 Å². The van der Waals surface area contributed by atoms with E-state index >= 15 is 0 Å². The summed E-state index contributed by atoms with van der Waals surface area (Å²) in [5.41, 5.74) is 1.54. The van der Waals surface area contributed by atoms with Crippen molar-refractivity contribution >= 4 is 30.5 Å². The monoisotopic (exact) mass is 571 g/mol. The number of nitrogens with zero attached hydrogens (tertiary/aromatic N) is 1. The third kappa shape index (κ3) is 5.83. The zero-order valence-electron chi connectivity index (χ0n) is 23.6. The fourth-order valence-corrected chi connectivity index (χ4v) is 11.1. The Labute approximate surface area is 242 Å². The lowest BCUT2D eigenvalue weighted by Gasteiger charge is -2.43. The van der Waals surface area contributed by atoms with Gasteiger partial charge in [0.1, 0.15) is 18.3 Å². The Hall–Kier alpha value is -3.10. The number of pyridine rings is 1. The van der Waals surface area contributed by atoms with Crippen LogP contribution >= 0.6 is 11.8 Å². The van der Waals surface area contributed by atoms with E-state index in [1.54, 1.807) is 17.8 Å². The van der Waals surface area contributed by atoms with Gasteiger partial charge in [0, 0.05) is 18.0 Å². The zero-order chi connectivity index (χ0) is 28.2. The van der Waals surface area contributed by atoms with Crippen molar-refractivity contribution in [3.8, 4) is 5.75 Å². The van der Waals surface area contributed by atoms with E-state index in [-0.39, 0.29) is 22.1 Å². The van der Waals surface area contributed by atoms with E-state index in [1.807, 2.05) is 48.0 Å². The second-order valence-electron chi connectivity index (χ2n) is 11.1. The first-order valence-electron chi connectivity index (χ1n) is 13.7. The van der Waals surface area contributed by atoms with Gasteiger partial charge in [0.25, 0.3) is 8.32 Å². The van der Waals surface area contributed by atoms with Crippen LogP contribution in [0, 0.1) is 6.92 Å². The predicted octanol–water partition coefficient (Wildman–Crippen LogP) is 5.90. The van der Waals surface area contributed by atoms with Crippen molar-refractivity contribution in [3.63, 3.8) is 0 Å². The molecular formula is C33H37NO4SSi. The van der Waals surface area contributed by atoms with E-state index in [4.69, 9.17) is 13.9 Å². The molecule has 5 nitrogen and oxygen atoms in total. The lowest BCUT2D eigenvalue weighted by molar-refractivity contribution is -0.00268. The standard InChI is InChI=1S/C33H37NO4SSi/c1-25-32(36-22-26-14-8-5-9-15-26)29(35)20-21-34(25)30-24-39-31(38-30)23-37-40(33(2,3)4,27-16-10-6-11-17-27)28-18-12-7-13-19-28/h5-21,30-31H,22-24H2,1-4H3/t30-,31-/m0/s1. The van der Waals surface area contributed by atoms with Crippen molar-refractivity contribution in [1.82, 2.24) is 4.57 Å². The molecule has 0 unspecified atom stereocenters. The second kappa shape index (κ2) is 12.2. The Balaban J connectivity index is 1.35. The van der Waals surface area contributed by atoms with Gasteiger partial charge in [-0.2, -0.15) is 0 Å². The minimum atomic E-state index is -2.65. The summed E-state index contributed by atoms with van der Waals surface area (Å²) >= 11 is 1.75. The fraction of sp³-hybridized carbons (Fsp3) is 0.303. The van der Waals surface area contributed by atoms with Crippen molar-refractivity contribution in [2.75, 3.05) is 12.4 Å². The highest BCUT2D eigenvalue weighted by Crippen LogP contribution is 2.39. The van der Waals surface area contributed by atoms with Gasteiger partial charge in [0.05, 0.1) is 12.3 Å². The number of benzene rings is 3. The molecule has 40 heavy (non-hydrogen) atoms. The molecule has 0 bridgehead atoms. The van der Waals surface area contributed by atoms with Gasteiger partial charge in [-0.1, -0.05) is 112 Å². The molecule has 0 spiro atoms. The SMILES string of the molecule is Cc1c(OCc2ccccc2)c(=O)ccn1[C@@H]1CS[C@@H](CO[Si](c2ccccc2)(c2ccccc2)C(C)(C)C)O1. The van der Waals surface area contributed by atoms with Crippen LogP contribution < -0.4 is 20.5 Å². The molecule has 2 atom stereocenters. The third-order valence-electron chi connectivity index (χ3n) is 7.45. The van der Waals surface area contributed by atoms with Gasteiger partial charge in [-0.3, -0.25) is 4.79 Å². The number of hydrogen-bond donors (Lipinski definition) is 0. The summed E-state index contributed by atoms with van der Waals surface area (Å²) in [7, 11) is -2.65. The van der Waals surface area contributed by atoms with Gasteiger partial charge >= 0.3 is 0 Å². The van der Waals surface area contributed by atoms with E-state index < -0.39 is 8.32 Å². The molecule has 7 heteroatoms. The van der Waals surface area contributed by atoms with E-state index in [2.05, 4.69) is 81.4 Å². The van der Waals surface area contributed by atoms with Crippen LogP contribution in [0.1, 0.15) is 38.3 Å². The maximum absolute atomic E-state index is 12.7. The smallest absolute Gasteiger partial charge is 0.261 e. The van der Waals surface area contributed by atoms with Crippen LogP contribution in [0.25, 0.3) is 0 Å². The minimum Gasteiger partial charge on any atom is -0.483 e. The minimum absolute atomic E-state index is 0.0985. The molecule has 1 saturated heterocycles. The molecule has 1 aliphatic rings. The summed E-state index contributed by atoms with van der Waals surface area (Å²) in [6.45, 7) is 9.59. The van der Waals surface area contributed by atoms with Gasteiger partial charge < -0.3 is 18.5 Å². The molecule has 2 heterocycles. The second-order valence-corrected chi connectivity index (χ2v) is 16.6. The van der Waals surface area contributed by atoms with Crippen LogP contribution in [0.4, 0.5) is 0 Å². The van der Waals surface area contributed by atoms with E-state index in [9.17, 15) is 4.79 Å². The van der Waals surface area contributed by atoms with Gasteiger partial charge in [-0.05, 0) is 27.9 Å². The Bertz CT molecular complexity index is 1420. The Morgan fingerprint density at radius 2 is 1.48 bits per heavy atom. The van der Waals surface area contributed by atoms with Crippen LogP contribution in [0.15, 0.2) is 108 Å². The van der Waals surface area contributed by atoms with E-state index in [1.165, 1.54) is 10.4 Å². The molecule has 0 amide bonds. The maximum Gasteiger partial charge on any atom is 0.261 e. The average molecular weight is 572 g/mol. The van der Waals surface area contributed by atoms with Crippen LogP contribution in [0.3, 0.4) is 0 Å². The van der Waals surface area contributed by atoms with Gasteiger partial charge in [0.15, 0.2) is 5.75 Å². The first-order chi connectivity index (χ1) is 19.3. The zero-order valence-corrected chi connectivity index (χ0v) is 25.4. The number of ether oxygens (including phenoxy) is 2. The Morgan fingerprint density at radius 3 is 2.05 bits per heavy atom. The Kier molecular flexibility index (Phi) is 8.66. The highest BCUT2D eigenvalue weighted by molar-refractivity contribution is 8.00. The summed E-state index contributed by atoms with van der Waals surface area (Å²) in [5, 5.41) is 2.41. The maximum atomic E-state index is 12.7. The third-order valence-corrected chi connectivity index (χ3v) is 13.6. The lowest BCUT2D eigenvalue weighted by Crippen LogP contribution is -2.67. The van der Waals surface area contributed by atoms with Crippen molar-refractivity contribution in [2.45, 2.75) is 51.0 Å². The number of hydrogen-bond acceptors (Lipinski definition) is 5. The van der Waals surface area contributed by atoms with Crippen molar-refractivity contribution in [1.29, 1.82) is 0 Å². The van der Waals surface area contributed by atoms with Crippen LogP contribution in [-0.4, -0.2) is 30.7 Å². The molecular weight excluding hydrogens is 535 g/mol.